The first-order valence-electron chi connectivity index (χ1n) is 4.76. The van der Waals surface area contributed by atoms with E-state index in [1.54, 1.807) is 18.3 Å². The first-order chi connectivity index (χ1) is 7.98. The van der Waals surface area contributed by atoms with Crippen LogP contribution in [0.5, 0.6) is 0 Å². The van der Waals surface area contributed by atoms with Crippen molar-refractivity contribution in [3.8, 4) is 11.1 Å². The molecule has 1 aromatic carbocycles. The van der Waals surface area contributed by atoms with Crippen molar-refractivity contribution in [1.29, 1.82) is 0 Å². The lowest BCUT2D eigenvalue weighted by atomic mass is 10.1. The average molecular weight is 250 g/mol. The fourth-order valence-corrected chi connectivity index (χ4v) is 2.21. The summed E-state index contributed by atoms with van der Waals surface area (Å²) >= 11 is 0. The van der Waals surface area contributed by atoms with Gasteiger partial charge in [-0.1, -0.05) is 6.07 Å². The molecule has 0 saturated heterocycles. The van der Waals surface area contributed by atoms with Crippen LogP contribution in [0.1, 0.15) is 0 Å². The maximum absolute atomic E-state index is 11.2. The molecule has 2 rings (SSSR count). The van der Waals surface area contributed by atoms with Crippen molar-refractivity contribution in [2.24, 2.45) is 0 Å². The first kappa shape index (κ1) is 11.6. The maximum atomic E-state index is 11.2. The minimum absolute atomic E-state index is 0.181. The van der Waals surface area contributed by atoms with Gasteiger partial charge < -0.3 is 5.73 Å². The number of rotatable bonds is 2. The van der Waals surface area contributed by atoms with Crippen LogP contribution >= 0.6 is 0 Å². The Morgan fingerprint density at radius 3 is 2.59 bits per heavy atom. The normalized spacial score (nSPS) is 11.4. The van der Waals surface area contributed by atoms with Gasteiger partial charge in [-0.3, -0.25) is 9.54 Å². The maximum Gasteiger partial charge on any atom is 0.295 e. The molecule has 1 heterocycles. The van der Waals surface area contributed by atoms with Gasteiger partial charge in [-0.25, -0.2) is 0 Å². The van der Waals surface area contributed by atoms with Gasteiger partial charge in [0.05, 0.1) is 0 Å². The second-order valence-corrected chi connectivity index (χ2v) is 4.86. The number of aromatic nitrogens is 1. The molecular formula is C11H10N2O3S. The summed E-state index contributed by atoms with van der Waals surface area (Å²) < 4.78 is 31.6. The number of nitrogens with two attached hydrogens (primary N) is 1. The van der Waals surface area contributed by atoms with Gasteiger partial charge in [0.15, 0.2) is 0 Å². The van der Waals surface area contributed by atoms with Crippen molar-refractivity contribution in [2.45, 2.75) is 4.90 Å². The molecule has 5 nitrogen and oxygen atoms in total. The minimum Gasteiger partial charge on any atom is -0.399 e. The zero-order chi connectivity index (χ0) is 12.5. The van der Waals surface area contributed by atoms with E-state index in [9.17, 15) is 8.42 Å². The van der Waals surface area contributed by atoms with Crippen LogP contribution in [-0.4, -0.2) is 18.0 Å². The standard InChI is InChI=1S/C11H10N2O3S/c12-9-3-4-11(17(14,15)16)10(6-9)8-2-1-5-13-7-8/h1-7H,12H2,(H,14,15,16). The van der Waals surface area contributed by atoms with Crippen molar-refractivity contribution in [2.75, 3.05) is 5.73 Å². The van der Waals surface area contributed by atoms with E-state index in [-0.39, 0.29) is 4.90 Å². The van der Waals surface area contributed by atoms with Crippen LogP contribution in [0.4, 0.5) is 5.69 Å². The molecule has 0 saturated carbocycles. The van der Waals surface area contributed by atoms with Crippen LogP contribution in [-0.2, 0) is 10.1 Å². The smallest absolute Gasteiger partial charge is 0.295 e. The molecule has 88 valence electrons. The summed E-state index contributed by atoms with van der Waals surface area (Å²) in [5.74, 6) is 0. The molecule has 0 unspecified atom stereocenters. The summed E-state index contributed by atoms with van der Waals surface area (Å²) in [6, 6.07) is 7.54. The van der Waals surface area contributed by atoms with Crippen molar-refractivity contribution >= 4 is 15.8 Å². The number of benzene rings is 1. The Balaban J connectivity index is 2.72. The Kier molecular flexibility index (Phi) is 2.83. The van der Waals surface area contributed by atoms with Crippen LogP contribution in [0.2, 0.25) is 0 Å². The van der Waals surface area contributed by atoms with E-state index < -0.39 is 10.1 Å². The van der Waals surface area contributed by atoms with Gasteiger partial charge in [0.1, 0.15) is 4.90 Å². The van der Waals surface area contributed by atoms with Crippen LogP contribution in [0.25, 0.3) is 11.1 Å². The van der Waals surface area contributed by atoms with Gasteiger partial charge in [-0.15, -0.1) is 0 Å². The molecule has 6 heteroatoms. The van der Waals surface area contributed by atoms with E-state index in [0.29, 0.717) is 16.8 Å². The number of nitrogens with zero attached hydrogens (tertiary/aromatic N) is 1. The summed E-state index contributed by atoms with van der Waals surface area (Å²) in [7, 11) is -4.28. The highest BCUT2D eigenvalue weighted by Gasteiger charge is 2.16. The molecule has 0 fully saturated rings. The van der Waals surface area contributed by atoms with Gasteiger partial charge in [0, 0.05) is 29.2 Å². The summed E-state index contributed by atoms with van der Waals surface area (Å²) in [5, 5.41) is 0. The highest BCUT2D eigenvalue weighted by Crippen LogP contribution is 2.28. The predicted molar refractivity (Wildman–Crippen MR) is 63.9 cm³/mol. The lowest BCUT2D eigenvalue weighted by molar-refractivity contribution is 0.483. The van der Waals surface area contributed by atoms with E-state index >= 15 is 0 Å². The molecular weight excluding hydrogens is 240 g/mol. The zero-order valence-corrected chi connectivity index (χ0v) is 9.55. The third-order valence-corrected chi connectivity index (χ3v) is 3.17. The van der Waals surface area contributed by atoms with E-state index in [0.717, 1.165) is 0 Å². The van der Waals surface area contributed by atoms with Crippen molar-refractivity contribution in [3.05, 3.63) is 42.7 Å². The van der Waals surface area contributed by atoms with E-state index in [1.807, 2.05) is 0 Å². The summed E-state index contributed by atoms with van der Waals surface area (Å²) in [6.45, 7) is 0. The fraction of sp³-hybridized carbons (Fsp3) is 0. The molecule has 0 aliphatic carbocycles. The Hall–Kier alpha value is -1.92. The lowest BCUT2D eigenvalue weighted by Crippen LogP contribution is -2.01. The Bertz CT molecular complexity index is 639. The van der Waals surface area contributed by atoms with Crippen molar-refractivity contribution in [3.63, 3.8) is 0 Å². The average Bonchev–Trinajstić information content (AvgIpc) is 2.28. The molecule has 0 radical (unpaired) electrons. The lowest BCUT2D eigenvalue weighted by Gasteiger charge is -2.07. The first-order valence-corrected chi connectivity index (χ1v) is 6.20. The number of hydrogen-bond donors (Lipinski definition) is 2. The van der Waals surface area contributed by atoms with E-state index in [4.69, 9.17) is 10.3 Å². The molecule has 2 aromatic rings. The Labute approximate surface area is 98.7 Å². The van der Waals surface area contributed by atoms with Gasteiger partial charge in [-0.05, 0) is 24.3 Å². The van der Waals surface area contributed by atoms with Gasteiger partial charge >= 0.3 is 0 Å². The summed E-state index contributed by atoms with van der Waals surface area (Å²) in [5.41, 5.74) is 6.93. The summed E-state index contributed by atoms with van der Waals surface area (Å²) in [4.78, 5) is 3.72. The molecule has 0 amide bonds. The van der Waals surface area contributed by atoms with Gasteiger partial charge in [-0.2, -0.15) is 8.42 Å². The third kappa shape index (κ3) is 2.43. The quantitative estimate of drug-likeness (QED) is 0.623. The van der Waals surface area contributed by atoms with E-state index in [2.05, 4.69) is 4.98 Å². The van der Waals surface area contributed by atoms with Crippen LogP contribution < -0.4 is 5.73 Å². The fourth-order valence-electron chi connectivity index (χ4n) is 1.52. The van der Waals surface area contributed by atoms with Crippen LogP contribution in [0.3, 0.4) is 0 Å². The minimum atomic E-state index is -4.28. The number of hydrogen-bond acceptors (Lipinski definition) is 4. The highest BCUT2D eigenvalue weighted by atomic mass is 32.2. The third-order valence-electron chi connectivity index (χ3n) is 2.25. The van der Waals surface area contributed by atoms with Crippen molar-refractivity contribution < 1.29 is 13.0 Å². The SMILES string of the molecule is Nc1ccc(S(=O)(=O)O)c(-c2cccnc2)c1. The number of anilines is 1. The molecule has 0 spiro atoms. The molecule has 0 aliphatic rings. The zero-order valence-electron chi connectivity index (χ0n) is 8.74. The Morgan fingerprint density at radius 2 is 2.00 bits per heavy atom. The van der Waals surface area contributed by atoms with Gasteiger partial charge in [0.2, 0.25) is 0 Å². The molecule has 0 bridgehead atoms. The largest absolute Gasteiger partial charge is 0.399 e. The molecule has 3 N–H and O–H groups in total. The molecule has 17 heavy (non-hydrogen) atoms. The monoisotopic (exact) mass is 250 g/mol. The number of pyridine rings is 1. The molecule has 0 atom stereocenters. The molecule has 0 aliphatic heterocycles. The van der Waals surface area contributed by atoms with Gasteiger partial charge in [0.25, 0.3) is 10.1 Å². The van der Waals surface area contributed by atoms with Crippen LogP contribution in [0, 0.1) is 0 Å². The van der Waals surface area contributed by atoms with Crippen LogP contribution in [0.15, 0.2) is 47.6 Å². The second-order valence-electron chi connectivity index (χ2n) is 3.47. The second kappa shape index (κ2) is 4.15. The summed E-state index contributed by atoms with van der Waals surface area (Å²) in [6.07, 6.45) is 3.08. The van der Waals surface area contributed by atoms with Crippen molar-refractivity contribution in [1.82, 2.24) is 4.98 Å². The molecule has 1 aromatic heterocycles. The number of nitrogen functional groups attached to an aromatic ring is 1. The predicted octanol–water partition coefficient (Wildman–Crippen LogP) is 1.58. The highest BCUT2D eigenvalue weighted by molar-refractivity contribution is 7.86. The van der Waals surface area contributed by atoms with E-state index in [1.165, 1.54) is 24.4 Å². The topological polar surface area (TPSA) is 93.3 Å². The Morgan fingerprint density at radius 1 is 1.24 bits per heavy atom.